The Morgan fingerprint density at radius 3 is 2.23 bits per heavy atom. The molecule has 1 heterocycles. The second-order valence-electron chi connectivity index (χ2n) is 7.98. The van der Waals surface area contributed by atoms with Gasteiger partial charge in [-0.1, -0.05) is 19.8 Å². The molecule has 2 rings (SSSR count). The third-order valence-electron chi connectivity index (χ3n) is 5.78. The van der Waals surface area contributed by atoms with E-state index in [2.05, 4.69) is 24.5 Å². The van der Waals surface area contributed by atoms with E-state index in [1.165, 1.54) is 44.8 Å². The average molecular weight is 387 g/mol. The van der Waals surface area contributed by atoms with Crippen LogP contribution in [0.4, 0.5) is 0 Å². The largest absolute Gasteiger partial charge is 0.357 e. The molecule has 0 radical (unpaired) electrons. The minimum atomic E-state index is -3.04. The number of rotatable bonds is 7. The molecule has 2 fully saturated rings. The van der Waals surface area contributed by atoms with Gasteiger partial charge in [-0.2, -0.15) is 0 Å². The van der Waals surface area contributed by atoms with Gasteiger partial charge in [0.25, 0.3) is 0 Å². The average Bonchev–Trinajstić information content (AvgIpc) is 2.61. The minimum absolute atomic E-state index is 0.476. The van der Waals surface area contributed by atoms with Crippen LogP contribution in [0.3, 0.4) is 0 Å². The Labute approximate surface area is 160 Å². The highest BCUT2D eigenvalue weighted by Gasteiger charge is 2.25. The molecule has 0 spiro atoms. The smallest absolute Gasteiger partial charge is 0.211 e. The molecule has 1 saturated carbocycles. The third kappa shape index (κ3) is 7.06. The fraction of sp³-hybridized carbons (Fsp3) is 0.947. The van der Waals surface area contributed by atoms with E-state index in [1.54, 1.807) is 4.31 Å². The first-order valence-corrected chi connectivity index (χ1v) is 12.3. The van der Waals surface area contributed by atoms with Crippen LogP contribution in [0.15, 0.2) is 4.99 Å². The van der Waals surface area contributed by atoms with Gasteiger partial charge in [-0.05, 0) is 57.3 Å². The quantitative estimate of drug-likeness (QED) is 0.521. The van der Waals surface area contributed by atoms with E-state index in [1.807, 2.05) is 0 Å². The van der Waals surface area contributed by atoms with E-state index in [4.69, 9.17) is 4.99 Å². The van der Waals surface area contributed by atoms with Crippen LogP contribution in [0.25, 0.3) is 0 Å². The number of hydrogen-bond acceptors (Lipinski definition) is 3. The van der Waals surface area contributed by atoms with E-state index in [-0.39, 0.29) is 0 Å². The summed E-state index contributed by atoms with van der Waals surface area (Å²) in [4.78, 5) is 4.80. The SMILES string of the molecule is CCCC1CCC(NC(=NCC2CCN(S(C)(=O)=O)CC2)NCC)CC1. The van der Waals surface area contributed by atoms with Gasteiger partial charge in [0.1, 0.15) is 0 Å². The van der Waals surface area contributed by atoms with Gasteiger partial charge in [0.2, 0.25) is 10.0 Å². The van der Waals surface area contributed by atoms with Gasteiger partial charge in [-0.15, -0.1) is 0 Å². The summed E-state index contributed by atoms with van der Waals surface area (Å²) in [6.07, 6.45) is 10.9. The molecular formula is C19H38N4O2S. The van der Waals surface area contributed by atoms with Crippen molar-refractivity contribution in [3.05, 3.63) is 0 Å². The second kappa shape index (κ2) is 10.5. The highest BCUT2D eigenvalue weighted by atomic mass is 32.2. The van der Waals surface area contributed by atoms with Crippen LogP contribution in [0.2, 0.25) is 0 Å². The number of piperidine rings is 1. The third-order valence-corrected chi connectivity index (χ3v) is 7.08. The molecule has 0 aromatic heterocycles. The summed E-state index contributed by atoms with van der Waals surface area (Å²) >= 11 is 0. The maximum absolute atomic E-state index is 11.6. The molecule has 2 N–H and O–H groups in total. The van der Waals surface area contributed by atoms with E-state index in [0.717, 1.165) is 37.8 Å². The molecule has 1 aliphatic heterocycles. The maximum atomic E-state index is 11.6. The fourth-order valence-corrected chi connectivity index (χ4v) is 5.04. The van der Waals surface area contributed by atoms with Gasteiger partial charge >= 0.3 is 0 Å². The van der Waals surface area contributed by atoms with Crippen molar-refractivity contribution in [3.8, 4) is 0 Å². The Balaban J connectivity index is 1.78. The Bertz CT molecular complexity index is 534. The second-order valence-corrected chi connectivity index (χ2v) is 9.96. The summed E-state index contributed by atoms with van der Waals surface area (Å²) < 4.78 is 24.8. The van der Waals surface area contributed by atoms with Crippen LogP contribution in [-0.2, 0) is 10.0 Å². The normalized spacial score (nSPS) is 26.7. The Morgan fingerprint density at radius 1 is 1.04 bits per heavy atom. The molecular weight excluding hydrogens is 348 g/mol. The molecule has 0 atom stereocenters. The highest BCUT2D eigenvalue weighted by Crippen LogP contribution is 2.27. The first-order valence-electron chi connectivity index (χ1n) is 10.4. The molecule has 0 amide bonds. The van der Waals surface area contributed by atoms with Crippen molar-refractivity contribution < 1.29 is 8.42 Å². The standard InChI is InChI=1S/C19H38N4O2S/c1-4-6-16-7-9-18(10-8-16)22-19(20-5-2)21-15-17-11-13-23(14-12-17)26(3,24)25/h16-18H,4-15H2,1-3H3,(H2,20,21,22). The first kappa shape index (κ1) is 21.5. The van der Waals surface area contributed by atoms with Crippen LogP contribution in [0.1, 0.15) is 65.2 Å². The van der Waals surface area contributed by atoms with Crippen molar-refractivity contribution in [1.29, 1.82) is 0 Å². The van der Waals surface area contributed by atoms with E-state index in [0.29, 0.717) is 25.0 Å². The van der Waals surface area contributed by atoms with Crippen molar-refractivity contribution >= 4 is 16.0 Å². The number of nitrogens with zero attached hydrogens (tertiary/aromatic N) is 2. The van der Waals surface area contributed by atoms with Crippen LogP contribution >= 0.6 is 0 Å². The lowest BCUT2D eigenvalue weighted by atomic mass is 9.83. The summed E-state index contributed by atoms with van der Waals surface area (Å²) in [7, 11) is -3.04. The van der Waals surface area contributed by atoms with Gasteiger partial charge in [0.15, 0.2) is 5.96 Å². The summed E-state index contributed by atoms with van der Waals surface area (Å²) in [5, 5.41) is 7.00. The minimum Gasteiger partial charge on any atom is -0.357 e. The molecule has 6 nitrogen and oxygen atoms in total. The van der Waals surface area contributed by atoms with Crippen molar-refractivity contribution in [2.45, 2.75) is 71.3 Å². The maximum Gasteiger partial charge on any atom is 0.211 e. The van der Waals surface area contributed by atoms with E-state index in [9.17, 15) is 8.42 Å². The number of nitrogens with one attached hydrogen (secondary N) is 2. The number of guanidine groups is 1. The van der Waals surface area contributed by atoms with Crippen molar-refractivity contribution in [3.63, 3.8) is 0 Å². The Hall–Kier alpha value is -0.820. The Kier molecular flexibility index (Phi) is 8.67. The summed E-state index contributed by atoms with van der Waals surface area (Å²) in [5.41, 5.74) is 0. The molecule has 0 aromatic rings. The number of aliphatic imine (C=N–C) groups is 1. The number of hydrogen-bond donors (Lipinski definition) is 2. The molecule has 1 saturated heterocycles. The first-order chi connectivity index (χ1) is 12.4. The molecule has 152 valence electrons. The molecule has 0 bridgehead atoms. The molecule has 7 heteroatoms. The zero-order valence-electron chi connectivity index (χ0n) is 16.8. The lowest BCUT2D eigenvalue weighted by Crippen LogP contribution is -2.45. The lowest BCUT2D eigenvalue weighted by Gasteiger charge is -2.31. The molecule has 0 aromatic carbocycles. The predicted molar refractivity (Wildman–Crippen MR) is 109 cm³/mol. The molecule has 26 heavy (non-hydrogen) atoms. The zero-order valence-corrected chi connectivity index (χ0v) is 17.7. The van der Waals surface area contributed by atoms with Crippen molar-refractivity contribution in [1.82, 2.24) is 14.9 Å². The Morgan fingerprint density at radius 2 is 1.69 bits per heavy atom. The summed E-state index contributed by atoms with van der Waals surface area (Å²) in [6, 6.07) is 0.535. The zero-order chi connectivity index (χ0) is 19.0. The van der Waals surface area contributed by atoms with Crippen LogP contribution in [-0.4, -0.2) is 57.2 Å². The predicted octanol–water partition coefficient (Wildman–Crippen LogP) is 2.57. The highest BCUT2D eigenvalue weighted by molar-refractivity contribution is 7.88. The lowest BCUT2D eigenvalue weighted by molar-refractivity contribution is 0.279. The molecule has 0 unspecified atom stereocenters. The number of sulfonamides is 1. The fourth-order valence-electron chi connectivity index (χ4n) is 4.16. The summed E-state index contributed by atoms with van der Waals surface area (Å²) in [6.45, 7) is 7.27. The van der Waals surface area contributed by atoms with Gasteiger partial charge in [0, 0.05) is 32.2 Å². The van der Waals surface area contributed by atoms with Gasteiger partial charge in [-0.3, -0.25) is 4.99 Å². The van der Waals surface area contributed by atoms with Gasteiger partial charge in [0.05, 0.1) is 6.26 Å². The van der Waals surface area contributed by atoms with Crippen LogP contribution in [0.5, 0.6) is 0 Å². The monoisotopic (exact) mass is 386 g/mol. The molecule has 2 aliphatic rings. The van der Waals surface area contributed by atoms with Crippen LogP contribution < -0.4 is 10.6 Å². The van der Waals surface area contributed by atoms with Crippen molar-refractivity contribution in [2.24, 2.45) is 16.8 Å². The van der Waals surface area contributed by atoms with E-state index >= 15 is 0 Å². The topological polar surface area (TPSA) is 73.8 Å². The van der Waals surface area contributed by atoms with Gasteiger partial charge < -0.3 is 10.6 Å². The summed E-state index contributed by atoms with van der Waals surface area (Å²) in [5.74, 6) is 2.32. The van der Waals surface area contributed by atoms with Crippen molar-refractivity contribution in [2.75, 3.05) is 32.4 Å². The van der Waals surface area contributed by atoms with Crippen LogP contribution in [0, 0.1) is 11.8 Å². The van der Waals surface area contributed by atoms with E-state index < -0.39 is 10.0 Å². The van der Waals surface area contributed by atoms with Gasteiger partial charge in [-0.25, -0.2) is 12.7 Å². The molecule has 1 aliphatic carbocycles.